The van der Waals surface area contributed by atoms with Gasteiger partial charge in [-0.15, -0.1) is 0 Å². The summed E-state index contributed by atoms with van der Waals surface area (Å²) in [6, 6.07) is 5.17. The zero-order chi connectivity index (χ0) is 14.9. The van der Waals surface area contributed by atoms with Gasteiger partial charge in [-0.1, -0.05) is 18.9 Å². The maximum absolute atomic E-state index is 10.9. The van der Waals surface area contributed by atoms with Crippen molar-refractivity contribution in [1.82, 2.24) is 4.90 Å². The SMILES string of the molecule is Nc1ccc(CN2CCC3(CCCC3)CC2)cc1[N+](=O)[O-]. The summed E-state index contributed by atoms with van der Waals surface area (Å²) >= 11 is 0. The fraction of sp³-hybridized carbons (Fsp3) is 0.625. The van der Waals surface area contributed by atoms with E-state index in [1.54, 1.807) is 12.1 Å². The molecule has 2 N–H and O–H groups in total. The predicted octanol–water partition coefficient (Wildman–Crippen LogP) is 3.33. The Bertz CT molecular complexity index is 528. The van der Waals surface area contributed by atoms with Gasteiger partial charge in [-0.05, 0) is 55.8 Å². The Morgan fingerprint density at radius 1 is 1.19 bits per heavy atom. The van der Waals surface area contributed by atoms with E-state index in [2.05, 4.69) is 4.90 Å². The Labute approximate surface area is 125 Å². The number of benzene rings is 1. The lowest BCUT2D eigenvalue weighted by atomic mass is 9.77. The number of nitrogen functional groups attached to an aromatic ring is 1. The minimum atomic E-state index is -0.400. The van der Waals surface area contributed by atoms with Crippen LogP contribution in [0.15, 0.2) is 18.2 Å². The van der Waals surface area contributed by atoms with E-state index >= 15 is 0 Å². The minimum Gasteiger partial charge on any atom is -0.393 e. The van der Waals surface area contributed by atoms with E-state index in [1.165, 1.54) is 38.5 Å². The van der Waals surface area contributed by atoms with Crippen molar-refractivity contribution in [2.75, 3.05) is 18.8 Å². The van der Waals surface area contributed by atoms with Gasteiger partial charge in [-0.2, -0.15) is 0 Å². The summed E-state index contributed by atoms with van der Waals surface area (Å²) in [5, 5.41) is 10.9. The maximum atomic E-state index is 10.9. The molecular weight excluding hydrogens is 266 g/mol. The lowest BCUT2D eigenvalue weighted by molar-refractivity contribution is -0.384. The smallest absolute Gasteiger partial charge is 0.292 e. The van der Waals surface area contributed by atoms with E-state index in [9.17, 15) is 10.1 Å². The Morgan fingerprint density at radius 2 is 1.86 bits per heavy atom. The molecule has 1 aromatic rings. The summed E-state index contributed by atoms with van der Waals surface area (Å²) in [4.78, 5) is 13.0. The van der Waals surface area contributed by atoms with Crippen LogP contribution in [0.4, 0.5) is 11.4 Å². The molecule has 1 heterocycles. The van der Waals surface area contributed by atoms with Crippen molar-refractivity contribution in [2.45, 2.75) is 45.1 Å². The molecule has 2 fully saturated rings. The number of anilines is 1. The van der Waals surface area contributed by atoms with Crippen molar-refractivity contribution < 1.29 is 4.92 Å². The topological polar surface area (TPSA) is 72.4 Å². The minimum absolute atomic E-state index is 0.0248. The van der Waals surface area contributed by atoms with Crippen LogP contribution in [0.2, 0.25) is 0 Å². The first kappa shape index (κ1) is 14.3. The van der Waals surface area contributed by atoms with Crippen LogP contribution in [0.1, 0.15) is 44.1 Å². The van der Waals surface area contributed by atoms with Gasteiger partial charge in [-0.25, -0.2) is 0 Å². The molecule has 0 bridgehead atoms. The molecule has 1 aliphatic carbocycles. The van der Waals surface area contributed by atoms with E-state index in [1.807, 2.05) is 6.07 Å². The number of hydrogen-bond donors (Lipinski definition) is 1. The number of nitro groups is 1. The number of likely N-dealkylation sites (tertiary alicyclic amines) is 1. The molecule has 1 saturated heterocycles. The first-order valence-electron chi connectivity index (χ1n) is 7.83. The van der Waals surface area contributed by atoms with Crippen LogP contribution < -0.4 is 5.73 Å². The van der Waals surface area contributed by atoms with Gasteiger partial charge >= 0.3 is 0 Å². The summed E-state index contributed by atoms with van der Waals surface area (Å²) in [6.07, 6.45) is 8.14. The first-order chi connectivity index (χ1) is 10.1. The molecule has 1 aliphatic heterocycles. The summed E-state index contributed by atoms with van der Waals surface area (Å²) in [6.45, 7) is 3.01. The maximum Gasteiger partial charge on any atom is 0.292 e. The molecule has 5 heteroatoms. The molecule has 3 rings (SSSR count). The van der Waals surface area contributed by atoms with Gasteiger partial charge in [0.25, 0.3) is 5.69 Å². The molecule has 114 valence electrons. The Balaban J connectivity index is 1.63. The van der Waals surface area contributed by atoms with Crippen molar-refractivity contribution in [1.29, 1.82) is 0 Å². The van der Waals surface area contributed by atoms with Crippen LogP contribution in [-0.2, 0) is 6.54 Å². The van der Waals surface area contributed by atoms with Gasteiger partial charge in [0.05, 0.1) is 4.92 Å². The summed E-state index contributed by atoms with van der Waals surface area (Å²) in [5.41, 5.74) is 7.51. The summed E-state index contributed by atoms with van der Waals surface area (Å²) in [7, 11) is 0. The number of nitrogens with zero attached hydrogens (tertiary/aromatic N) is 2. The Kier molecular flexibility index (Phi) is 3.85. The van der Waals surface area contributed by atoms with Gasteiger partial charge in [0, 0.05) is 12.6 Å². The van der Waals surface area contributed by atoms with Gasteiger partial charge in [0.1, 0.15) is 5.69 Å². The second-order valence-electron chi connectivity index (χ2n) is 6.63. The molecule has 0 amide bonds. The van der Waals surface area contributed by atoms with Crippen LogP contribution in [-0.4, -0.2) is 22.9 Å². The van der Waals surface area contributed by atoms with Crippen LogP contribution in [0.5, 0.6) is 0 Å². The molecule has 1 saturated carbocycles. The first-order valence-corrected chi connectivity index (χ1v) is 7.83. The van der Waals surface area contributed by atoms with Gasteiger partial charge < -0.3 is 5.73 Å². The number of hydrogen-bond acceptors (Lipinski definition) is 4. The number of nitro benzene ring substituents is 1. The zero-order valence-electron chi connectivity index (χ0n) is 12.4. The van der Waals surface area contributed by atoms with Gasteiger partial charge in [0.15, 0.2) is 0 Å². The van der Waals surface area contributed by atoms with Crippen LogP contribution in [0.3, 0.4) is 0 Å². The van der Waals surface area contributed by atoms with Crippen molar-refractivity contribution >= 4 is 11.4 Å². The second-order valence-corrected chi connectivity index (χ2v) is 6.63. The number of piperidine rings is 1. The lowest BCUT2D eigenvalue weighted by Crippen LogP contribution is -2.38. The number of nitrogens with two attached hydrogens (primary N) is 1. The van der Waals surface area contributed by atoms with Gasteiger partial charge in [0.2, 0.25) is 0 Å². The molecule has 0 aromatic heterocycles. The van der Waals surface area contributed by atoms with Crippen LogP contribution in [0.25, 0.3) is 0 Å². The predicted molar refractivity (Wildman–Crippen MR) is 82.9 cm³/mol. The van der Waals surface area contributed by atoms with Crippen molar-refractivity contribution in [3.05, 3.63) is 33.9 Å². The molecule has 5 nitrogen and oxygen atoms in total. The largest absolute Gasteiger partial charge is 0.393 e. The number of rotatable bonds is 3. The summed E-state index contributed by atoms with van der Waals surface area (Å²) < 4.78 is 0. The third-order valence-corrected chi connectivity index (χ3v) is 5.28. The highest BCUT2D eigenvalue weighted by Gasteiger charge is 2.36. The highest BCUT2D eigenvalue weighted by molar-refractivity contribution is 5.59. The third-order valence-electron chi connectivity index (χ3n) is 5.28. The molecule has 0 radical (unpaired) electrons. The van der Waals surface area contributed by atoms with E-state index in [0.717, 1.165) is 25.2 Å². The fourth-order valence-electron chi connectivity index (χ4n) is 3.91. The highest BCUT2D eigenvalue weighted by atomic mass is 16.6. The molecule has 0 atom stereocenters. The molecule has 2 aliphatic rings. The monoisotopic (exact) mass is 289 g/mol. The third kappa shape index (κ3) is 3.02. The summed E-state index contributed by atoms with van der Waals surface area (Å²) in [5.74, 6) is 0. The Hall–Kier alpha value is -1.62. The van der Waals surface area contributed by atoms with Gasteiger partial charge in [-0.3, -0.25) is 15.0 Å². The molecule has 21 heavy (non-hydrogen) atoms. The van der Waals surface area contributed by atoms with Crippen LogP contribution >= 0.6 is 0 Å². The zero-order valence-corrected chi connectivity index (χ0v) is 12.4. The average Bonchev–Trinajstić information content (AvgIpc) is 2.92. The van der Waals surface area contributed by atoms with E-state index in [-0.39, 0.29) is 11.4 Å². The highest BCUT2D eigenvalue weighted by Crippen LogP contribution is 2.46. The quantitative estimate of drug-likeness (QED) is 0.526. The van der Waals surface area contributed by atoms with E-state index in [0.29, 0.717) is 5.41 Å². The van der Waals surface area contributed by atoms with E-state index in [4.69, 9.17) is 5.73 Å². The molecule has 0 unspecified atom stereocenters. The average molecular weight is 289 g/mol. The van der Waals surface area contributed by atoms with Crippen molar-refractivity contribution in [3.8, 4) is 0 Å². The van der Waals surface area contributed by atoms with Crippen LogP contribution in [0, 0.1) is 15.5 Å². The molecule has 1 spiro atoms. The van der Waals surface area contributed by atoms with E-state index < -0.39 is 4.92 Å². The second kappa shape index (κ2) is 5.64. The lowest BCUT2D eigenvalue weighted by Gasteiger charge is -2.39. The van der Waals surface area contributed by atoms with Crippen molar-refractivity contribution in [2.24, 2.45) is 5.41 Å². The fourth-order valence-corrected chi connectivity index (χ4v) is 3.91. The molecular formula is C16H23N3O2. The standard InChI is InChI=1S/C16H23N3O2/c17-14-4-3-13(11-15(14)19(20)21)12-18-9-7-16(8-10-18)5-1-2-6-16/h3-4,11H,1-2,5-10,12,17H2. The van der Waals surface area contributed by atoms with Crippen molar-refractivity contribution in [3.63, 3.8) is 0 Å². The Morgan fingerprint density at radius 3 is 2.48 bits per heavy atom. The molecule has 1 aromatic carbocycles. The normalized spacial score (nSPS) is 21.7.